The zero-order valence-electron chi connectivity index (χ0n) is 33.7. The fraction of sp³-hybridized carbons (Fsp3) is 0.333. The van der Waals surface area contributed by atoms with E-state index in [1.54, 1.807) is 24.3 Å². The second kappa shape index (κ2) is 18.9. The van der Waals surface area contributed by atoms with Gasteiger partial charge in [-0.3, -0.25) is 9.59 Å². The lowest BCUT2D eigenvalue weighted by atomic mass is 9.97. The van der Waals surface area contributed by atoms with Crippen molar-refractivity contribution in [3.63, 3.8) is 0 Å². The van der Waals surface area contributed by atoms with Crippen LogP contribution in [0.15, 0.2) is 113 Å². The summed E-state index contributed by atoms with van der Waals surface area (Å²) in [6.45, 7) is 9.69. The highest BCUT2D eigenvalue weighted by Crippen LogP contribution is 2.48. The number of carboxylic acids is 2. The third-order valence-electron chi connectivity index (χ3n) is 11.4. The molecule has 0 spiro atoms. The molecule has 10 heteroatoms. The molecule has 2 heterocycles. The Hall–Kier alpha value is -5.48. The molecule has 0 aliphatic carbocycles. The Kier molecular flexibility index (Phi) is 13.7. The van der Waals surface area contributed by atoms with Crippen LogP contribution in [-0.2, 0) is 9.59 Å². The lowest BCUT2D eigenvalue weighted by Gasteiger charge is -2.30. The molecule has 58 heavy (non-hydrogen) atoms. The molecule has 302 valence electrons. The van der Waals surface area contributed by atoms with Gasteiger partial charge >= 0.3 is 11.9 Å². The van der Waals surface area contributed by atoms with Gasteiger partial charge < -0.3 is 24.9 Å². The van der Waals surface area contributed by atoms with E-state index in [1.807, 2.05) is 63.2 Å². The van der Waals surface area contributed by atoms with Crippen LogP contribution in [0.25, 0.3) is 11.4 Å². The molecule has 2 aliphatic heterocycles. The van der Waals surface area contributed by atoms with Gasteiger partial charge in [0.05, 0.1) is 33.7 Å². The first-order valence-corrected chi connectivity index (χ1v) is 21.3. The molecule has 2 N–H and O–H groups in total. The summed E-state index contributed by atoms with van der Waals surface area (Å²) in [5, 5.41) is 19.1. The van der Waals surface area contributed by atoms with Crippen molar-refractivity contribution in [2.75, 3.05) is 18.0 Å². The number of benzene rings is 4. The zero-order chi connectivity index (χ0) is 41.5. The van der Waals surface area contributed by atoms with Gasteiger partial charge in [-0.05, 0) is 109 Å². The number of carbonyl (C=O) groups excluding carboxylic acids is 2. The molecule has 2 aliphatic rings. The largest absolute Gasteiger partial charge is 0.478 e. The Bertz CT molecular complexity index is 2140. The number of carboxylic acid groups (broad SMARTS) is 2. The second-order valence-corrected chi connectivity index (χ2v) is 16.1. The Morgan fingerprint density at radius 1 is 0.569 bits per heavy atom. The monoisotopic (exact) mass is 845 g/mol. The molecule has 0 radical (unpaired) electrons. The van der Waals surface area contributed by atoms with Crippen LogP contribution in [0.3, 0.4) is 0 Å². The molecule has 2 atom stereocenters. The van der Waals surface area contributed by atoms with Crippen LogP contribution >= 0.6 is 15.9 Å². The van der Waals surface area contributed by atoms with Gasteiger partial charge in [-0.2, -0.15) is 0 Å². The Balaban J connectivity index is 1.51. The smallest absolute Gasteiger partial charge is 0.335 e. The van der Waals surface area contributed by atoms with Gasteiger partial charge in [0.25, 0.3) is 11.8 Å². The maximum absolute atomic E-state index is 15.0. The molecule has 4 aromatic carbocycles. The number of anilines is 3. The van der Waals surface area contributed by atoms with E-state index in [9.17, 15) is 19.8 Å². The van der Waals surface area contributed by atoms with E-state index in [-0.39, 0.29) is 34.8 Å². The third-order valence-corrected chi connectivity index (χ3v) is 11.9. The van der Waals surface area contributed by atoms with Gasteiger partial charge in [-0.15, -0.1) is 0 Å². The van der Waals surface area contributed by atoms with E-state index in [0.717, 1.165) is 72.7 Å². The molecule has 2 unspecified atom stereocenters. The summed E-state index contributed by atoms with van der Waals surface area (Å²) in [6.07, 6.45) is 8.03. The summed E-state index contributed by atoms with van der Waals surface area (Å²) in [4.78, 5) is 59.0. The van der Waals surface area contributed by atoms with Gasteiger partial charge in [0.1, 0.15) is 0 Å². The van der Waals surface area contributed by atoms with Crippen molar-refractivity contribution in [3.8, 4) is 0 Å². The van der Waals surface area contributed by atoms with Crippen molar-refractivity contribution >= 4 is 68.1 Å². The number of amides is 2. The van der Waals surface area contributed by atoms with Crippen molar-refractivity contribution in [2.24, 2.45) is 11.8 Å². The molecule has 6 rings (SSSR count). The van der Waals surface area contributed by atoms with Crippen molar-refractivity contribution in [2.45, 2.75) is 79.1 Å². The van der Waals surface area contributed by atoms with Crippen molar-refractivity contribution in [1.29, 1.82) is 0 Å². The standard InChI is InChI=1S/C48H52BrN3O6/c1-5-9-11-31(7-3)29-50-43(33-13-21-37(49)22-14-33)41-42(46(50)54)44(51(45(41)53)30-32(8-4)12-10-6-2)34-15-23-38(24-16-34)52(39-25-17-35(18-26-39)47(55)56)40-27-19-36(20-28-40)48(57)58/h13-28,31-32H,5-12,29-30H2,1-4H3,(H,55,56)(H,57,58). The van der Waals surface area contributed by atoms with E-state index >= 15 is 9.59 Å². The number of rotatable bonds is 19. The van der Waals surface area contributed by atoms with E-state index < -0.39 is 11.9 Å². The first kappa shape index (κ1) is 42.1. The zero-order valence-corrected chi connectivity index (χ0v) is 35.3. The molecule has 0 saturated carbocycles. The van der Waals surface area contributed by atoms with Crippen molar-refractivity contribution < 1.29 is 29.4 Å². The molecule has 0 fully saturated rings. The average molecular weight is 847 g/mol. The lowest BCUT2D eigenvalue weighted by Crippen LogP contribution is -2.34. The topological polar surface area (TPSA) is 118 Å². The number of aromatic carboxylic acids is 2. The molecular weight excluding hydrogens is 794 g/mol. The molecule has 0 bridgehead atoms. The Labute approximate surface area is 349 Å². The van der Waals surface area contributed by atoms with E-state index in [4.69, 9.17) is 0 Å². The van der Waals surface area contributed by atoms with Crippen LogP contribution in [0.5, 0.6) is 0 Å². The van der Waals surface area contributed by atoms with Crippen LogP contribution in [0.2, 0.25) is 0 Å². The van der Waals surface area contributed by atoms with Crippen LogP contribution in [0, 0.1) is 11.8 Å². The van der Waals surface area contributed by atoms with Crippen LogP contribution in [0.1, 0.15) is 111 Å². The number of halogens is 1. The van der Waals surface area contributed by atoms with Gasteiger partial charge in [0, 0.05) is 34.6 Å². The SMILES string of the molecule is CCCCC(CC)CN1C(=O)C2=C(c3ccc(N(c4ccc(C(=O)O)cc4)c4ccc(C(=O)O)cc4)cc3)N(CC(CC)CCCC)C(=O)C2=C1c1ccc(Br)cc1. The van der Waals surface area contributed by atoms with Gasteiger partial charge in [0.2, 0.25) is 0 Å². The third kappa shape index (κ3) is 8.82. The summed E-state index contributed by atoms with van der Waals surface area (Å²) < 4.78 is 0.912. The molecule has 0 aromatic heterocycles. The Morgan fingerprint density at radius 3 is 1.24 bits per heavy atom. The number of unbranched alkanes of at least 4 members (excludes halogenated alkanes) is 2. The van der Waals surface area contributed by atoms with Crippen molar-refractivity contribution in [1.82, 2.24) is 9.80 Å². The summed E-state index contributed by atoms with van der Waals surface area (Å²) in [7, 11) is 0. The first-order chi connectivity index (χ1) is 28.0. The summed E-state index contributed by atoms with van der Waals surface area (Å²) in [5.74, 6) is -1.86. The predicted octanol–water partition coefficient (Wildman–Crippen LogP) is 11.6. The van der Waals surface area contributed by atoms with Gasteiger partial charge in [0.15, 0.2) is 0 Å². The number of hydrogen-bond donors (Lipinski definition) is 2. The minimum Gasteiger partial charge on any atom is -0.478 e. The average Bonchev–Trinajstić information content (AvgIpc) is 3.67. The molecule has 0 saturated heterocycles. The van der Waals surface area contributed by atoms with Crippen LogP contribution in [-0.4, -0.2) is 56.9 Å². The van der Waals surface area contributed by atoms with E-state index in [1.165, 1.54) is 24.3 Å². The normalized spacial score (nSPS) is 15.0. The molecule has 4 aromatic rings. The fourth-order valence-electron chi connectivity index (χ4n) is 8.03. The highest BCUT2D eigenvalue weighted by atomic mass is 79.9. The number of carbonyl (C=O) groups is 4. The van der Waals surface area contributed by atoms with E-state index in [2.05, 4.69) is 43.6 Å². The fourth-order valence-corrected chi connectivity index (χ4v) is 8.29. The minimum atomic E-state index is -1.04. The van der Waals surface area contributed by atoms with Crippen LogP contribution in [0.4, 0.5) is 17.1 Å². The molecule has 9 nitrogen and oxygen atoms in total. The summed E-state index contributed by atoms with van der Waals surface area (Å²) in [6, 6.07) is 28.5. The predicted molar refractivity (Wildman–Crippen MR) is 233 cm³/mol. The molecule has 2 amide bonds. The first-order valence-electron chi connectivity index (χ1n) is 20.5. The quantitative estimate of drug-likeness (QED) is 0.0964. The van der Waals surface area contributed by atoms with Gasteiger partial charge in [-0.25, -0.2) is 9.59 Å². The van der Waals surface area contributed by atoms with E-state index in [0.29, 0.717) is 47.0 Å². The maximum atomic E-state index is 15.0. The number of hydrogen-bond acceptors (Lipinski definition) is 5. The van der Waals surface area contributed by atoms with Crippen LogP contribution < -0.4 is 4.90 Å². The molecular formula is C48H52BrN3O6. The summed E-state index contributed by atoms with van der Waals surface area (Å²) in [5.41, 5.74) is 6.09. The maximum Gasteiger partial charge on any atom is 0.335 e. The minimum absolute atomic E-state index is 0.140. The second-order valence-electron chi connectivity index (χ2n) is 15.2. The highest BCUT2D eigenvalue weighted by Gasteiger charge is 2.49. The Morgan fingerprint density at radius 2 is 0.914 bits per heavy atom. The van der Waals surface area contributed by atoms with Crippen molar-refractivity contribution in [3.05, 3.63) is 135 Å². The summed E-state index contributed by atoms with van der Waals surface area (Å²) >= 11 is 3.57. The number of fused-ring (bicyclic) bond motifs is 1. The highest BCUT2D eigenvalue weighted by molar-refractivity contribution is 9.10. The number of nitrogens with zero attached hydrogens (tertiary/aromatic N) is 3. The van der Waals surface area contributed by atoms with Gasteiger partial charge in [-0.1, -0.05) is 106 Å². The lowest BCUT2D eigenvalue weighted by molar-refractivity contribution is -0.124.